The second kappa shape index (κ2) is 8.66. The number of hydrogen-bond donors (Lipinski definition) is 1. The van der Waals surface area contributed by atoms with E-state index in [0.717, 1.165) is 4.68 Å². The molecule has 1 aromatic heterocycles. The first-order valence-corrected chi connectivity index (χ1v) is 8.36. The van der Waals surface area contributed by atoms with Gasteiger partial charge in [-0.15, -0.1) is 0 Å². The topological polar surface area (TPSA) is 64.4 Å². The summed E-state index contributed by atoms with van der Waals surface area (Å²) >= 11 is 0. The lowest BCUT2D eigenvalue weighted by atomic mass is 10.1. The smallest absolute Gasteiger partial charge is 0.266 e. The molecule has 2 aromatic carbocycles. The Bertz CT molecular complexity index is 958. The molecular formula is C20H18F2N2O3. The van der Waals surface area contributed by atoms with Gasteiger partial charge in [0, 0.05) is 17.2 Å². The summed E-state index contributed by atoms with van der Waals surface area (Å²) in [5.74, 6) is -0.744. The van der Waals surface area contributed by atoms with Crippen molar-refractivity contribution in [3.05, 3.63) is 88.2 Å². The maximum atomic E-state index is 13.5. The summed E-state index contributed by atoms with van der Waals surface area (Å²) in [6, 6.07) is 14.8. The number of aliphatic hydroxyl groups excluding tert-OH is 1. The normalized spacial score (nSPS) is 12.1. The number of ether oxygens (including phenoxy) is 1. The molecule has 3 rings (SSSR count). The molecular weight excluding hydrogens is 354 g/mol. The third kappa shape index (κ3) is 5.06. The molecule has 7 heteroatoms. The van der Waals surface area contributed by atoms with Gasteiger partial charge < -0.3 is 9.84 Å². The predicted molar refractivity (Wildman–Crippen MR) is 96.0 cm³/mol. The van der Waals surface area contributed by atoms with Gasteiger partial charge in [0.15, 0.2) is 0 Å². The molecule has 0 aliphatic heterocycles. The lowest BCUT2D eigenvalue weighted by Crippen LogP contribution is -2.31. The van der Waals surface area contributed by atoms with Gasteiger partial charge in [-0.2, -0.15) is 5.10 Å². The van der Waals surface area contributed by atoms with Gasteiger partial charge in [-0.25, -0.2) is 13.5 Å². The Morgan fingerprint density at radius 2 is 1.78 bits per heavy atom. The van der Waals surface area contributed by atoms with Crippen LogP contribution in [-0.2, 0) is 17.9 Å². The zero-order chi connectivity index (χ0) is 19.2. The van der Waals surface area contributed by atoms with Crippen LogP contribution in [0.2, 0.25) is 0 Å². The van der Waals surface area contributed by atoms with Crippen LogP contribution in [0.4, 0.5) is 8.78 Å². The Morgan fingerprint density at radius 3 is 2.52 bits per heavy atom. The number of benzene rings is 2. The summed E-state index contributed by atoms with van der Waals surface area (Å²) < 4.78 is 33.0. The summed E-state index contributed by atoms with van der Waals surface area (Å²) in [6.45, 7) is -0.143. The number of hydrogen-bond acceptors (Lipinski definition) is 4. The molecule has 5 nitrogen and oxygen atoms in total. The lowest BCUT2D eigenvalue weighted by molar-refractivity contribution is 0.0172. The highest BCUT2D eigenvalue weighted by molar-refractivity contribution is 5.57. The summed E-state index contributed by atoms with van der Waals surface area (Å²) in [7, 11) is 0. The molecule has 1 N–H and O–H groups in total. The molecule has 0 aliphatic rings. The second-order valence-corrected chi connectivity index (χ2v) is 6.01. The van der Waals surface area contributed by atoms with Crippen molar-refractivity contribution in [2.24, 2.45) is 0 Å². The largest absolute Gasteiger partial charge is 0.389 e. The number of halogens is 2. The van der Waals surface area contributed by atoms with Gasteiger partial charge in [0.05, 0.1) is 31.6 Å². The van der Waals surface area contributed by atoms with E-state index in [2.05, 4.69) is 5.10 Å². The van der Waals surface area contributed by atoms with Gasteiger partial charge in [-0.3, -0.25) is 4.79 Å². The quantitative estimate of drug-likeness (QED) is 0.693. The molecule has 0 saturated heterocycles. The lowest BCUT2D eigenvalue weighted by Gasteiger charge is -2.13. The van der Waals surface area contributed by atoms with Crippen LogP contribution >= 0.6 is 0 Å². The van der Waals surface area contributed by atoms with E-state index in [1.54, 1.807) is 30.3 Å². The summed E-state index contributed by atoms with van der Waals surface area (Å²) in [4.78, 5) is 12.0. The van der Waals surface area contributed by atoms with Crippen molar-refractivity contribution in [2.45, 2.75) is 19.3 Å². The molecule has 1 unspecified atom stereocenters. The summed E-state index contributed by atoms with van der Waals surface area (Å²) in [5, 5.41) is 14.3. The highest BCUT2D eigenvalue weighted by atomic mass is 19.1. The molecule has 1 atom stereocenters. The zero-order valence-corrected chi connectivity index (χ0v) is 14.4. The van der Waals surface area contributed by atoms with Gasteiger partial charge >= 0.3 is 0 Å². The van der Waals surface area contributed by atoms with E-state index in [1.165, 1.54) is 30.3 Å². The van der Waals surface area contributed by atoms with Crippen LogP contribution in [0.15, 0.2) is 65.5 Å². The minimum absolute atomic E-state index is 0.0156. The fourth-order valence-electron chi connectivity index (χ4n) is 2.53. The van der Waals surface area contributed by atoms with Crippen LogP contribution in [0.3, 0.4) is 0 Å². The van der Waals surface area contributed by atoms with Crippen LogP contribution in [-0.4, -0.2) is 27.6 Å². The molecule has 1 heterocycles. The van der Waals surface area contributed by atoms with E-state index in [4.69, 9.17) is 4.74 Å². The first-order valence-electron chi connectivity index (χ1n) is 8.36. The molecule has 140 valence electrons. The molecule has 27 heavy (non-hydrogen) atoms. The van der Waals surface area contributed by atoms with Crippen molar-refractivity contribution < 1.29 is 18.6 Å². The van der Waals surface area contributed by atoms with E-state index in [0.29, 0.717) is 16.8 Å². The van der Waals surface area contributed by atoms with Gasteiger partial charge in [0.2, 0.25) is 0 Å². The molecule has 0 bridgehead atoms. The Labute approximate surface area is 154 Å². The zero-order valence-electron chi connectivity index (χ0n) is 14.4. The van der Waals surface area contributed by atoms with Crippen LogP contribution < -0.4 is 5.56 Å². The molecule has 0 saturated carbocycles. The SMILES string of the molecule is O=c1ccc(-c2ccc(F)cc2)nn1CC(O)COCc1ccccc1F. The van der Waals surface area contributed by atoms with Gasteiger partial charge in [0.25, 0.3) is 5.56 Å². The number of rotatable bonds is 7. The molecule has 3 aromatic rings. The molecule has 0 aliphatic carbocycles. The van der Waals surface area contributed by atoms with E-state index in [9.17, 15) is 18.7 Å². The molecule has 0 fully saturated rings. The number of aromatic nitrogens is 2. The summed E-state index contributed by atoms with van der Waals surface area (Å²) in [5.41, 5.74) is 1.14. The fraction of sp³-hybridized carbons (Fsp3) is 0.200. The first kappa shape index (κ1) is 18.9. The standard InChI is InChI=1S/C20H18F2N2O3/c21-16-7-5-14(6-8-16)19-9-10-20(26)24(23-19)11-17(25)13-27-12-15-3-1-2-4-18(15)22/h1-10,17,25H,11-13H2. The third-order valence-corrected chi connectivity index (χ3v) is 3.92. The van der Waals surface area contributed by atoms with Gasteiger partial charge in [-0.1, -0.05) is 18.2 Å². The monoisotopic (exact) mass is 372 g/mol. The first-order chi connectivity index (χ1) is 13.0. The predicted octanol–water partition coefficient (Wildman–Crippen LogP) is 2.77. The Balaban J connectivity index is 1.62. The second-order valence-electron chi connectivity index (χ2n) is 6.01. The number of aliphatic hydroxyl groups is 1. The fourth-order valence-corrected chi connectivity index (χ4v) is 2.53. The van der Waals surface area contributed by atoms with Crippen molar-refractivity contribution in [3.63, 3.8) is 0 Å². The van der Waals surface area contributed by atoms with Gasteiger partial charge in [-0.05, 0) is 36.4 Å². The van der Waals surface area contributed by atoms with Crippen LogP contribution in [0, 0.1) is 11.6 Å². The maximum absolute atomic E-state index is 13.5. The van der Waals surface area contributed by atoms with Crippen LogP contribution in [0.1, 0.15) is 5.56 Å². The van der Waals surface area contributed by atoms with E-state index in [1.807, 2.05) is 0 Å². The average molecular weight is 372 g/mol. The van der Waals surface area contributed by atoms with Crippen molar-refractivity contribution in [2.75, 3.05) is 6.61 Å². The summed E-state index contributed by atoms with van der Waals surface area (Å²) in [6.07, 6.45) is -0.995. The highest BCUT2D eigenvalue weighted by Crippen LogP contribution is 2.15. The third-order valence-electron chi connectivity index (χ3n) is 3.92. The Kier molecular flexibility index (Phi) is 6.05. The average Bonchev–Trinajstić information content (AvgIpc) is 2.66. The molecule has 0 amide bonds. The van der Waals surface area contributed by atoms with Crippen molar-refractivity contribution in [1.29, 1.82) is 0 Å². The molecule has 0 radical (unpaired) electrons. The van der Waals surface area contributed by atoms with Crippen LogP contribution in [0.5, 0.6) is 0 Å². The molecule has 0 spiro atoms. The van der Waals surface area contributed by atoms with Crippen LogP contribution in [0.25, 0.3) is 11.3 Å². The minimum Gasteiger partial charge on any atom is -0.389 e. The van der Waals surface area contributed by atoms with Crippen molar-refractivity contribution in [1.82, 2.24) is 9.78 Å². The van der Waals surface area contributed by atoms with E-state index < -0.39 is 6.10 Å². The Hall–Kier alpha value is -2.90. The maximum Gasteiger partial charge on any atom is 0.266 e. The van der Waals surface area contributed by atoms with Crippen molar-refractivity contribution in [3.8, 4) is 11.3 Å². The highest BCUT2D eigenvalue weighted by Gasteiger charge is 2.10. The van der Waals surface area contributed by atoms with E-state index in [-0.39, 0.29) is 37.0 Å². The Morgan fingerprint density at radius 1 is 1.04 bits per heavy atom. The van der Waals surface area contributed by atoms with Crippen molar-refractivity contribution >= 4 is 0 Å². The van der Waals surface area contributed by atoms with Gasteiger partial charge in [0.1, 0.15) is 11.6 Å². The van der Waals surface area contributed by atoms with E-state index >= 15 is 0 Å². The number of nitrogens with zero attached hydrogens (tertiary/aromatic N) is 2. The minimum atomic E-state index is -0.995.